The lowest BCUT2D eigenvalue weighted by Crippen LogP contribution is -2.36. The van der Waals surface area contributed by atoms with E-state index in [0.717, 1.165) is 61.2 Å². The molecule has 1 aliphatic heterocycles. The molecule has 2 aliphatic rings. The smallest absolute Gasteiger partial charge is 0.278 e. The highest BCUT2D eigenvalue weighted by Crippen LogP contribution is 2.33. The number of ether oxygens (including phenoxy) is 2. The number of unbranched alkanes of at least 4 members (excludes halogenated alkanes) is 4. The van der Waals surface area contributed by atoms with E-state index in [1.54, 1.807) is 12.2 Å². The molecule has 0 aromatic heterocycles. The number of rotatable bonds is 27. The number of ketones is 2. The van der Waals surface area contributed by atoms with Gasteiger partial charge in [0.05, 0.1) is 33.0 Å². The van der Waals surface area contributed by atoms with Gasteiger partial charge in [0.15, 0.2) is 5.78 Å². The van der Waals surface area contributed by atoms with E-state index < -0.39 is 0 Å². The van der Waals surface area contributed by atoms with Gasteiger partial charge in [0.25, 0.3) is 5.91 Å². The molecule has 0 saturated heterocycles. The Labute approximate surface area is 340 Å². The van der Waals surface area contributed by atoms with Crippen molar-refractivity contribution in [1.29, 1.82) is 0 Å². The topological polar surface area (TPSA) is 132 Å². The Morgan fingerprint density at radius 1 is 0.789 bits per heavy atom. The largest absolute Gasteiger partial charge is 0.395 e. The summed E-state index contributed by atoms with van der Waals surface area (Å²) in [7, 11) is 3.94. The van der Waals surface area contributed by atoms with Gasteiger partial charge in [0.1, 0.15) is 17.3 Å². The summed E-state index contributed by atoms with van der Waals surface area (Å²) in [4.78, 5) is 50.3. The fraction of sp³-hybridized carbons (Fsp3) is 0.565. The number of carbonyl (C=O) groups excluding carboxylic acids is 3. The number of amides is 1. The third kappa shape index (κ3) is 15.6. The first-order valence-electron chi connectivity index (χ1n) is 21.1. The molecule has 4 rings (SSSR count). The predicted molar refractivity (Wildman–Crippen MR) is 229 cm³/mol. The highest BCUT2D eigenvalue weighted by Gasteiger charge is 2.32. The Balaban J connectivity index is 1.28. The summed E-state index contributed by atoms with van der Waals surface area (Å²) < 4.78 is 11.3. The van der Waals surface area contributed by atoms with Crippen LogP contribution in [0.25, 0.3) is 12.2 Å². The zero-order valence-corrected chi connectivity index (χ0v) is 34.6. The molecule has 0 atom stereocenters. The van der Waals surface area contributed by atoms with Gasteiger partial charge in [-0.2, -0.15) is 0 Å². The number of hydrogen-bond donors (Lipinski definition) is 2. The lowest BCUT2D eigenvalue weighted by Gasteiger charge is -2.27. The van der Waals surface area contributed by atoms with Crippen LogP contribution in [0.2, 0.25) is 0 Å². The maximum atomic E-state index is 13.8. The average Bonchev–Trinajstić information content (AvgIpc) is 3.50. The van der Waals surface area contributed by atoms with Gasteiger partial charge in [-0.15, -0.1) is 0 Å². The molecule has 0 radical (unpaired) electrons. The molecule has 2 N–H and O–H groups in total. The van der Waals surface area contributed by atoms with E-state index >= 15 is 0 Å². The summed E-state index contributed by atoms with van der Waals surface area (Å²) in [6.07, 6.45) is 16.3. The van der Waals surface area contributed by atoms with Crippen LogP contribution < -0.4 is 9.80 Å². The van der Waals surface area contributed by atoms with Crippen LogP contribution in [0.15, 0.2) is 65.3 Å². The van der Waals surface area contributed by atoms with Gasteiger partial charge < -0.3 is 29.5 Å². The predicted octanol–water partition coefficient (Wildman–Crippen LogP) is 6.96. The monoisotopic (exact) mass is 786 g/mol. The third-order valence-electron chi connectivity index (χ3n) is 10.7. The minimum Gasteiger partial charge on any atom is -0.395 e. The summed E-state index contributed by atoms with van der Waals surface area (Å²) in [5, 5.41) is 18.8. The van der Waals surface area contributed by atoms with E-state index in [4.69, 9.17) is 14.5 Å². The molecule has 1 amide bonds. The highest BCUT2D eigenvalue weighted by atomic mass is 16.5. The van der Waals surface area contributed by atoms with Crippen LogP contribution >= 0.6 is 0 Å². The van der Waals surface area contributed by atoms with Gasteiger partial charge in [-0.25, -0.2) is 4.99 Å². The molecule has 1 heterocycles. The van der Waals surface area contributed by atoms with Gasteiger partial charge in [-0.3, -0.25) is 19.3 Å². The molecule has 1 aliphatic carbocycles. The maximum absolute atomic E-state index is 13.8. The first-order valence-corrected chi connectivity index (χ1v) is 21.1. The molecule has 0 spiro atoms. The second-order valence-corrected chi connectivity index (χ2v) is 15.4. The molecule has 0 unspecified atom stereocenters. The van der Waals surface area contributed by atoms with Crippen molar-refractivity contribution in [3.63, 3.8) is 0 Å². The van der Waals surface area contributed by atoms with E-state index in [-0.39, 0.29) is 49.0 Å². The molecule has 11 nitrogen and oxygen atoms in total. The second kappa shape index (κ2) is 25.3. The quantitative estimate of drug-likeness (QED) is 0.0729. The van der Waals surface area contributed by atoms with Crippen LogP contribution in [-0.2, 0) is 23.9 Å². The van der Waals surface area contributed by atoms with Crippen LogP contribution in [0.1, 0.15) is 95.1 Å². The van der Waals surface area contributed by atoms with E-state index in [0.29, 0.717) is 63.8 Å². The maximum Gasteiger partial charge on any atom is 0.278 e. The average molecular weight is 787 g/mol. The number of amidine groups is 1. The molecule has 57 heavy (non-hydrogen) atoms. The molecule has 312 valence electrons. The number of Topliss-reactive ketones (excluding diaryl/α,β-unsaturated/α-hetero) is 2. The minimum atomic E-state index is -0.317. The first kappa shape index (κ1) is 45.5. The van der Waals surface area contributed by atoms with E-state index in [9.17, 15) is 24.6 Å². The molecule has 11 heteroatoms. The molecule has 1 fully saturated rings. The number of nitrogens with zero attached hydrogens (tertiary/aromatic N) is 4. The van der Waals surface area contributed by atoms with E-state index in [2.05, 4.69) is 6.92 Å². The SMILES string of the molecule is CCCCCCCOCCOCCCC(=O)C1CCC(CC(=O)CN2C(=O)/C(=C/c3ccc(N(C)C)cc3)N=C2/C=C/c2ccc(N(CCO)CCO)cc2)CC1. The van der Waals surface area contributed by atoms with Crippen molar-refractivity contribution in [2.75, 3.05) is 83.2 Å². The lowest BCUT2D eigenvalue weighted by molar-refractivity contribution is -0.128. The number of hydrogen-bond acceptors (Lipinski definition) is 10. The highest BCUT2D eigenvalue weighted by molar-refractivity contribution is 6.19. The Morgan fingerprint density at radius 3 is 2.04 bits per heavy atom. The molecular weight excluding hydrogens is 721 g/mol. The van der Waals surface area contributed by atoms with Gasteiger partial charge >= 0.3 is 0 Å². The van der Waals surface area contributed by atoms with Crippen molar-refractivity contribution >= 4 is 46.8 Å². The van der Waals surface area contributed by atoms with Crippen molar-refractivity contribution in [1.82, 2.24) is 4.90 Å². The zero-order valence-electron chi connectivity index (χ0n) is 34.6. The van der Waals surface area contributed by atoms with Gasteiger partial charge in [0.2, 0.25) is 0 Å². The van der Waals surface area contributed by atoms with Crippen LogP contribution in [-0.4, -0.2) is 112 Å². The Hall–Kier alpha value is -4.16. The molecule has 2 aromatic carbocycles. The van der Waals surface area contributed by atoms with Gasteiger partial charge in [-0.05, 0) is 92.0 Å². The van der Waals surface area contributed by atoms with Crippen molar-refractivity contribution in [3.05, 3.63) is 71.4 Å². The first-order chi connectivity index (χ1) is 27.7. The Kier molecular flexibility index (Phi) is 20.2. The van der Waals surface area contributed by atoms with Crippen molar-refractivity contribution in [2.24, 2.45) is 16.8 Å². The molecule has 0 bridgehead atoms. The van der Waals surface area contributed by atoms with Gasteiger partial charge in [0, 0.05) is 70.5 Å². The molecule has 1 saturated carbocycles. The third-order valence-corrected chi connectivity index (χ3v) is 10.7. The molecular formula is C46H66N4O7. The van der Waals surface area contributed by atoms with Crippen molar-refractivity contribution in [2.45, 2.75) is 84.0 Å². The van der Waals surface area contributed by atoms with Crippen LogP contribution in [0.3, 0.4) is 0 Å². The summed E-state index contributed by atoms with van der Waals surface area (Å²) >= 11 is 0. The summed E-state index contributed by atoms with van der Waals surface area (Å²) in [5.74, 6) is 0.579. The molecule has 2 aromatic rings. The minimum absolute atomic E-state index is 0.0204. The number of anilines is 2. The van der Waals surface area contributed by atoms with Crippen molar-refractivity contribution in [3.8, 4) is 0 Å². The fourth-order valence-corrected chi connectivity index (χ4v) is 7.39. The Morgan fingerprint density at radius 2 is 1.40 bits per heavy atom. The Bertz CT molecular complexity index is 1610. The van der Waals surface area contributed by atoms with Crippen LogP contribution in [0, 0.1) is 11.8 Å². The number of aliphatic hydroxyl groups is 2. The van der Waals surface area contributed by atoms with E-state index in [1.165, 1.54) is 30.6 Å². The number of benzene rings is 2. The summed E-state index contributed by atoms with van der Waals surface area (Å²) in [5.41, 5.74) is 3.90. The second-order valence-electron chi connectivity index (χ2n) is 15.4. The number of carbonyl (C=O) groups is 3. The van der Waals surface area contributed by atoms with Crippen LogP contribution in [0.5, 0.6) is 0 Å². The van der Waals surface area contributed by atoms with Gasteiger partial charge in [-0.1, -0.05) is 62.9 Å². The number of aliphatic imine (C=N–C) groups is 1. The van der Waals surface area contributed by atoms with Crippen LogP contribution in [0.4, 0.5) is 11.4 Å². The summed E-state index contributed by atoms with van der Waals surface area (Å²) in [6.45, 7) is 5.43. The zero-order chi connectivity index (χ0) is 40.8. The van der Waals surface area contributed by atoms with Crippen molar-refractivity contribution < 1.29 is 34.1 Å². The fourth-order valence-electron chi connectivity index (χ4n) is 7.39. The summed E-state index contributed by atoms with van der Waals surface area (Å²) in [6, 6.07) is 15.5. The van der Waals surface area contributed by atoms with E-state index in [1.807, 2.05) is 78.5 Å². The lowest BCUT2D eigenvalue weighted by atomic mass is 9.77. The normalized spacial score (nSPS) is 17.8. The number of aliphatic hydroxyl groups excluding tert-OH is 2. The standard InChI is InChI=1S/C46H66N4O7/c1-4-5-6-7-8-29-56-31-32-57-30-9-10-44(54)39-18-11-37(12-19-39)33-42(53)35-50-45(24-17-36-13-22-41(23-14-36)49(25-27-51)26-28-52)47-43(46(50)55)34-38-15-20-40(21-16-38)48(2)3/h13-17,20-24,34,37,39,51-52H,4-12,18-19,25-33,35H2,1-3H3/b24-17+,43-34-.